The average molecular weight is 877 g/mol. The van der Waals surface area contributed by atoms with Gasteiger partial charge in [-0.25, -0.2) is 15.0 Å². The van der Waals surface area contributed by atoms with Crippen LogP contribution in [0.25, 0.3) is 129 Å². The normalized spacial score (nSPS) is 11.9. The number of thiophene rings is 2. The molecule has 14 aromatic rings. The van der Waals surface area contributed by atoms with Crippen molar-refractivity contribution < 1.29 is 0 Å². The van der Waals surface area contributed by atoms with E-state index in [2.05, 4.69) is 167 Å². The molecule has 8 heteroatoms. The summed E-state index contributed by atoms with van der Waals surface area (Å²) in [5, 5.41) is 20.6. The molecule has 0 aliphatic rings. The lowest BCUT2D eigenvalue weighted by Gasteiger charge is -2.13. The van der Waals surface area contributed by atoms with Crippen LogP contribution in [0.1, 0.15) is 5.56 Å². The number of nitriles is 1. The SMILES string of the molecule is N#Cc1cc(-c2nc(-c3ccccc3)nc(-c3ccc4sc5ccccc5c4c3)n2)ccc1-n1c2ccccc2c2ccc3c(c4ccccc4n3-c3ccc4sc5ccccc5c4c3)c21. The fraction of sp³-hybridized carbons (Fsp3) is 0. The van der Waals surface area contributed by atoms with E-state index in [9.17, 15) is 5.26 Å². The number of fused-ring (bicyclic) bond motifs is 13. The van der Waals surface area contributed by atoms with E-state index in [4.69, 9.17) is 15.0 Å². The van der Waals surface area contributed by atoms with Gasteiger partial charge in [-0.2, -0.15) is 5.26 Å². The summed E-state index contributed by atoms with van der Waals surface area (Å²) in [6.45, 7) is 0. The Morgan fingerprint density at radius 2 is 0.924 bits per heavy atom. The Labute approximate surface area is 385 Å². The molecule has 9 aromatic carbocycles. The average Bonchev–Trinajstić information content (AvgIpc) is 4.13. The molecule has 0 fully saturated rings. The molecule has 0 unspecified atom stereocenters. The summed E-state index contributed by atoms with van der Waals surface area (Å²) in [7, 11) is 0. The third-order valence-electron chi connectivity index (χ3n) is 13.0. The monoisotopic (exact) mass is 876 g/mol. The third-order valence-corrected chi connectivity index (χ3v) is 15.3. The summed E-state index contributed by atoms with van der Waals surface area (Å²) in [5.74, 6) is 1.65. The van der Waals surface area contributed by atoms with Crippen molar-refractivity contribution in [1.82, 2.24) is 24.1 Å². The molecule has 0 saturated carbocycles. The van der Waals surface area contributed by atoms with E-state index in [1.54, 1.807) is 11.3 Å². The number of aromatic nitrogens is 5. The lowest BCUT2D eigenvalue weighted by molar-refractivity contribution is 1.07. The maximum absolute atomic E-state index is 11.1. The molecule has 0 atom stereocenters. The topological polar surface area (TPSA) is 72.3 Å². The highest BCUT2D eigenvalue weighted by Gasteiger charge is 2.23. The number of hydrogen-bond donors (Lipinski definition) is 0. The van der Waals surface area contributed by atoms with Crippen LogP contribution in [-0.2, 0) is 0 Å². The molecule has 14 rings (SSSR count). The number of nitrogens with zero attached hydrogens (tertiary/aromatic N) is 6. The molecule has 0 aliphatic carbocycles. The second kappa shape index (κ2) is 14.3. The smallest absolute Gasteiger partial charge is 0.164 e. The van der Waals surface area contributed by atoms with Gasteiger partial charge in [-0.15, -0.1) is 22.7 Å². The van der Waals surface area contributed by atoms with Gasteiger partial charge in [-0.3, -0.25) is 0 Å². The van der Waals surface area contributed by atoms with Crippen LogP contribution >= 0.6 is 22.7 Å². The van der Waals surface area contributed by atoms with E-state index >= 15 is 0 Å². The van der Waals surface area contributed by atoms with Crippen molar-refractivity contribution in [3.63, 3.8) is 0 Å². The minimum absolute atomic E-state index is 0.500. The Kier molecular flexibility index (Phi) is 7.98. The molecule has 0 spiro atoms. The van der Waals surface area contributed by atoms with Gasteiger partial charge in [-0.05, 0) is 84.9 Å². The minimum Gasteiger partial charge on any atom is -0.309 e. The van der Waals surface area contributed by atoms with Crippen molar-refractivity contribution in [2.24, 2.45) is 0 Å². The van der Waals surface area contributed by atoms with Gasteiger partial charge in [0.1, 0.15) is 6.07 Å². The first kappa shape index (κ1) is 36.9. The molecule has 306 valence electrons. The molecule has 5 heterocycles. The lowest BCUT2D eigenvalue weighted by Crippen LogP contribution is -2.02. The second-order valence-corrected chi connectivity index (χ2v) is 18.8. The number of hydrogen-bond acceptors (Lipinski definition) is 6. The summed E-state index contributed by atoms with van der Waals surface area (Å²) in [4.78, 5) is 15.3. The first-order valence-corrected chi connectivity index (χ1v) is 23.5. The zero-order chi connectivity index (χ0) is 43.5. The lowest BCUT2D eigenvalue weighted by atomic mass is 10.1. The van der Waals surface area contributed by atoms with Crippen LogP contribution in [0.2, 0.25) is 0 Å². The van der Waals surface area contributed by atoms with Gasteiger partial charge in [0.05, 0.1) is 33.3 Å². The van der Waals surface area contributed by atoms with Gasteiger partial charge in [0.25, 0.3) is 0 Å². The Balaban J connectivity index is 0.983. The highest BCUT2D eigenvalue weighted by Crippen LogP contribution is 2.44. The molecule has 0 aliphatic heterocycles. The number of rotatable bonds is 5. The van der Waals surface area contributed by atoms with E-state index in [-0.39, 0.29) is 0 Å². The van der Waals surface area contributed by atoms with Crippen molar-refractivity contribution in [1.29, 1.82) is 5.26 Å². The van der Waals surface area contributed by atoms with Crippen LogP contribution < -0.4 is 0 Å². The van der Waals surface area contributed by atoms with Gasteiger partial charge < -0.3 is 9.13 Å². The predicted octanol–water partition coefficient (Wildman–Crippen LogP) is 15.7. The Morgan fingerprint density at radius 3 is 1.64 bits per heavy atom. The van der Waals surface area contributed by atoms with Gasteiger partial charge in [0, 0.05) is 84.3 Å². The highest BCUT2D eigenvalue weighted by molar-refractivity contribution is 7.26. The molecular weight excluding hydrogens is 845 g/mol. The zero-order valence-corrected chi connectivity index (χ0v) is 36.6. The Bertz CT molecular complexity index is 4370. The van der Waals surface area contributed by atoms with Crippen LogP contribution in [0, 0.1) is 11.3 Å². The standard InChI is InChI=1S/C58H32N6S2/c59-33-37-30-35(57-60-56(34-12-2-1-3-13-34)61-58(62-57)36-23-28-52-44(31-36)40-15-6-10-20-50(40)65-52)22-26-46(37)64-47-18-8-4-14-39(47)42-25-27-49-54(55(42)64)43-17-5-9-19-48(43)63(49)38-24-29-53-45(32-38)41-16-7-11-21-51(41)66-53/h1-32H. The van der Waals surface area contributed by atoms with Crippen LogP contribution in [0.3, 0.4) is 0 Å². The summed E-state index contributed by atoms with van der Waals surface area (Å²) < 4.78 is 9.70. The Hall–Kier alpha value is -8.48. The molecule has 0 radical (unpaired) electrons. The second-order valence-electron chi connectivity index (χ2n) is 16.7. The van der Waals surface area contributed by atoms with E-state index in [1.165, 1.54) is 40.3 Å². The molecule has 6 nitrogen and oxygen atoms in total. The van der Waals surface area contributed by atoms with Crippen LogP contribution in [0.4, 0.5) is 0 Å². The molecular formula is C58H32N6S2. The largest absolute Gasteiger partial charge is 0.309 e. The van der Waals surface area contributed by atoms with Crippen molar-refractivity contribution in [2.75, 3.05) is 0 Å². The fourth-order valence-corrected chi connectivity index (χ4v) is 12.2. The molecule has 0 amide bonds. The summed E-state index contributed by atoms with van der Waals surface area (Å²) in [5.41, 5.74) is 9.24. The summed E-state index contributed by atoms with van der Waals surface area (Å²) in [6.07, 6.45) is 0. The maximum Gasteiger partial charge on any atom is 0.164 e. The number of benzene rings is 9. The Morgan fingerprint density at radius 1 is 0.379 bits per heavy atom. The first-order chi connectivity index (χ1) is 32.7. The van der Waals surface area contributed by atoms with Crippen molar-refractivity contribution >= 4 is 107 Å². The zero-order valence-electron chi connectivity index (χ0n) is 35.0. The van der Waals surface area contributed by atoms with Crippen molar-refractivity contribution in [3.8, 4) is 51.6 Å². The van der Waals surface area contributed by atoms with Crippen molar-refractivity contribution in [3.05, 3.63) is 200 Å². The predicted molar refractivity (Wildman–Crippen MR) is 275 cm³/mol. The van der Waals surface area contributed by atoms with Crippen LogP contribution in [-0.4, -0.2) is 24.1 Å². The van der Waals surface area contributed by atoms with Crippen LogP contribution in [0.5, 0.6) is 0 Å². The fourth-order valence-electron chi connectivity index (χ4n) is 10.1. The quantitative estimate of drug-likeness (QED) is 0.173. The first-order valence-electron chi connectivity index (χ1n) is 21.8. The van der Waals surface area contributed by atoms with E-state index in [1.807, 2.05) is 53.8 Å². The van der Waals surface area contributed by atoms with Crippen molar-refractivity contribution in [2.45, 2.75) is 0 Å². The molecule has 0 N–H and O–H groups in total. The van der Waals surface area contributed by atoms with E-state index in [0.717, 1.165) is 71.7 Å². The highest BCUT2D eigenvalue weighted by atomic mass is 32.1. The minimum atomic E-state index is 0.500. The molecule has 66 heavy (non-hydrogen) atoms. The summed E-state index contributed by atoms with van der Waals surface area (Å²) >= 11 is 3.62. The molecule has 0 saturated heterocycles. The summed E-state index contributed by atoms with van der Waals surface area (Å²) in [6, 6.07) is 70.8. The molecule has 0 bridgehead atoms. The van der Waals surface area contributed by atoms with Gasteiger partial charge in [-0.1, -0.05) is 109 Å². The molecule has 5 aromatic heterocycles. The third kappa shape index (κ3) is 5.48. The van der Waals surface area contributed by atoms with E-state index < -0.39 is 0 Å². The van der Waals surface area contributed by atoms with Gasteiger partial charge >= 0.3 is 0 Å². The van der Waals surface area contributed by atoms with Gasteiger partial charge in [0.15, 0.2) is 17.5 Å². The van der Waals surface area contributed by atoms with Crippen LogP contribution in [0.15, 0.2) is 194 Å². The van der Waals surface area contributed by atoms with E-state index in [0.29, 0.717) is 23.0 Å². The number of para-hydroxylation sites is 2. The maximum atomic E-state index is 11.1. The van der Waals surface area contributed by atoms with Gasteiger partial charge in [0.2, 0.25) is 0 Å².